The van der Waals surface area contributed by atoms with Crippen molar-refractivity contribution in [3.05, 3.63) is 24.3 Å². The highest BCUT2D eigenvalue weighted by Crippen LogP contribution is 2.43. The summed E-state index contributed by atoms with van der Waals surface area (Å²) >= 11 is 0. The molecule has 0 aliphatic heterocycles. The van der Waals surface area contributed by atoms with Gasteiger partial charge in [0.15, 0.2) is 0 Å². The molecule has 0 aromatic carbocycles. The average Bonchev–Trinajstić information content (AvgIpc) is 3.64. The monoisotopic (exact) mass is 1210 g/mol. The Hall–Kier alpha value is -1.51. The summed E-state index contributed by atoms with van der Waals surface area (Å²) in [7, 11) is 1.52. The lowest BCUT2D eigenvalue weighted by molar-refractivity contribution is -0.870. The predicted octanol–water partition coefficient (Wildman–Crippen LogP) is 23.6. The van der Waals surface area contributed by atoms with Crippen molar-refractivity contribution in [2.24, 2.45) is 0 Å². The molecule has 84 heavy (non-hydrogen) atoms. The van der Waals surface area contributed by atoms with Gasteiger partial charge >= 0.3 is 13.8 Å². The van der Waals surface area contributed by atoms with E-state index in [4.69, 9.17) is 13.8 Å². The van der Waals surface area contributed by atoms with Crippen molar-refractivity contribution in [1.29, 1.82) is 0 Å². The Morgan fingerprint density at radius 2 is 0.690 bits per heavy atom. The molecule has 0 saturated heterocycles. The average molecular weight is 1210 g/mol. The summed E-state index contributed by atoms with van der Waals surface area (Å²) < 4.78 is 30.9. The largest absolute Gasteiger partial charge is 0.472 e. The number of quaternary nitrogens is 1. The van der Waals surface area contributed by atoms with Gasteiger partial charge in [-0.05, 0) is 57.4 Å². The fourth-order valence-electron chi connectivity index (χ4n) is 11.4. The molecule has 0 aromatic rings. The van der Waals surface area contributed by atoms with Crippen LogP contribution in [0, 0.1) is 0 Å². The third kappa shape index (κ3) is 64.9. The Balaban J connectivity index is 4.98. The van der Waals surface area contributed by atoms with E-state index in [1.165, 1.54) is 295 Å². The van der Waals surface area contributed by atoms with Crippen molar-refractivity contribution in [2.45, 2.75) is 399 Å². The number of carbonyl (C=O) groups excluding carboxylic acids is 2. The first-order chi connectivity index (χ1) is 40.9. The molecular formula is C74H146N2O7P+. The minimum absolute atomic E-state index is 0.0448. The Morgan fingerprint density at radius 1 is 0.405 bits per heavy atom. The number of rotatable bonds is 69. The van der Waals surface area contributed by atoms with Crippen LogP contribution in [-0.4, -0.2) is 74.3 Å². The molecule has 0 rings (SSSR count). The van der Waals surface area contributed by atoms with Gasteiger partial charge in [-0.3, -0.25) is 18.6 Å². The number of hydrogen-bond donors (Lipinski definition) is 2. The van der Waals surface area contributed by atoms with Crippen molar-refractivity contribution in [1.82, 2.24) is 5.32 Å². The van der Waals surface area contributed by atoms with Crippen molar-refractivity contribution in [3.63, 3.8) is 0 Å². The van der Waals surface area contributed by atoms with Crippen molar-refractivity contribution in [3.8, 4) is 0 Å². The summed E-state index contributed by atoms with van der Waals surface area (Å²) in [6, 6.07) is -0.843. The van der Waals surface area contributed by atoms with Crippen LogP contribution in [0.25, 0.3) is 0 Å². The number of ether oxygens (including phenoxy) is 1. The molecule has 0 aliphatic carbocycles. The van der Waals surface area contributed by atoms with Crippen LogP contribution in [0.4, 0.5) is 0 Å². The van der Waals surface area contributed by atoms with E-state index in [0.717, 1.165) is 57.8 Å². The van der Waals surface area contributed by atoms with E-state index in [1.54, 1.807) is 0 Å². The molecule has 0 heterocycles. The van der Waals surface area contributed by atoms with Crippen LogP contribution in [0.1, 0.15) is 387 Å². The SMILES string of the molecule is CCCCCCCC/C=C/CCCCCCCCCCCCCCCCCC(=O)NC(COP(=O)(O)OCC[N+](C)(C)C)C(/C=C/CCCCCCCCCCCC)OC(=O)CCCCCCCCCCCCCCCCCCCCCCC. The van der Waals surface area contributed by atoms with Gasteiger partial charge in [-0.2, -0.15) is 0 Å². The zero-order valence-corrected chi connectivity index (χ0v) is 58.1. The summed E-state index contributed by atoms with van der Waals surface area (Å²) in [6.07, 6.45) is 79.1. The van der Waals surface area contributed by atoms with Crippen LogP contribution in [0.3, 0.4) is 0 Å². The molecule has 0 fully saturated rings. The van der Waals surface area contributed by atoms with Gasteiger partial charge in [0.25, 0.3) is 0 Å². The molecule has 498 valence electrons. The highest BCUT2D eigenvalue weighted by atomic mass is 31.2. The maximum Gasteiger partial charge on any atom is 0.472 e. The molecule has 3 unspecified atom stereocenters. The molecule has 0 bridgehead atoms. The van der Waals surface area contributed by atoms with Gasteiger partial charge in [0.2, 0.25) is 5.91 Å². The molecule has 0 aliphatic rings. The number of nitrogens with one attached hydrogen (secondary N) is 1. The van der Waals surface area contributed by atoms with Crippen LogP contribution >= 0.6 is 7.82 Å². The third-order valence-corrected chi connectivity index (χ3v) is 18.1. The number of esters is 1. The van der Waals surface area contributed by atoms with Gasteiger partial charge in [-0.25, -0.2) is 4.57 Å². The van der Waals surface area contributed by atoms with Gasteiger partial charge in [0.1, 0.15) is 19.3 Å². The summed E-state index contributed by atoms with van der Waals surface area (Å²) in [6.45, 7) is 7.09. The van der Waals surface area contributed by atoms with Crippen LogP contribution in [0.2, 0.25) is 0 Å². The summed E-state index contributed by atoms with van der Waals surface area (Å²) in [4.78, 5) is 37.9. The van der Waals surface area contributed by atoms with Crippen LogP contribution in [0.5, 0.6) is 0 Å². The molecule has 10 heteroatoms. The summed E-state index contributed by atoms with van der Waals surface area (Å²) in [5.41, 5.74) is 0. The predicted molar refractivity (Wildman–Crippen MR) is 365 cm³/mol. The third-order valence-electron chi connectivity index (χ3n) is 17.1. The maximum atomic E-state index is 13.6. The molecule has 1 amide bonds. The van der Waals surface area contributed by atoms with Crippen molar-refractivity contribution >= 4 is 19.7 Å². The number of amides is 1. The quantitative estimate of drug-likeness (QED) is 0.0205. The fraction of sp³-hybridized carbons (Fsp3) is 0.919. The topological polar surface area (TPSA) is 111 Å². The van der Waals surface area contributed by atoms with Crippen molar-refractivity contribution < 1.29 is 37.3 Å². The van der Waals surface area contributed by atoms with E-state index < -0.39 is 20.0 Å². The second kappa shape index (κ2) is 64.5. The minimum Gasteiger partial charge on any atom is -0.456 e. The lowest BCUT2D eigenvalue weighted by Gasteiger charge is -2.27. The second-order valence-corrected chi connectivity index (χ2v) is 28.3. The standard InChI is InChI=1S/C74H145N2O7P/c1-7-10-13-16-19-22-25-28-30-32-34-36-37-38-39-41-42-44-46-48-51-54-57-60-63-66-73(77)75-71(70-82-84(79,80)81-69-68-76(4,5)6)72(65-62-59-56-53-50-27-24-21-18-15-12-9-3)83-74(78)67-64-61-58-55-52-49-47-45-43-40-35-33-31-29-26-23-20-17-14-11-8-2/h28,30,62,65,71-72H,7-27,29,31-61,63-64,66-70H2,1-6H3,(H-,75,77,79,80)/p+1/b30-28+,65-62+. The fourth-order valence-corrected chi connectivity index (χ4v) is 12.1. The molecule has 0 radical (unpaired) electrons. The Kier molecular flexibility index (Phi) is 63.3. The lowest BCUT2D eigenvalue weighted by Crippen LogP contribution is -2.47. The van der Waals surface area contributed by atoms with E-state index in [-0.39, 0.29) is 25.1 Å². The molecular weight excluding hydrogens is 1060 g/mol. The van der Waals surface area contributed by atoms with E-state index in [2.05, 4.69) is 44.3 Å². The molecule has 0 spiro atoms. The highest BCUT2D eigenvalue weighted by molar-refractivity contribution is 7.47. The number of phosphoric ester groups is 1. The zero-order valence-electron chi connectivity index (χ0n) is 57.2. The first-order valence-corrected chi connectivity index (χ1v) is 38.7. The van der Waals surface area contributed by atoms with E-state index in [9.17, 15) is 19.0 Å². The van der Waals surface area contributed by atoms with Gasteiger partial charge in [-0.15, -0.1) is 0 Å². The van der Waals surface area contributed by atoms with Crippen LogP contribution in [0.15, 0.2) is 24.3 Å². The van der Waals surface area contributed by atoms with E-state index in [0.29, 0.717) is 23.9 Å². The van der Waals surface area contributed by atoms with Gasteiger partial charge in [0.05, 0.1) is 33.8 Å². The maximum absolute atomic E-state index is 13.6. The van der Waals surface area contributed by atoms with Gasteiger partial charge in [0, 0.05) is 12.8 Å². The molecule has 2 N–H and O–H groups in total. The summed E-state index contributed by atoms with van der Waals surface area (Å²) in [5.74, 6) is -0.479. The Labute approximate surface area is 524 Å². The number of hydrogen-bond acceptors (Lipinski definition) is 6. The van der Waals surface area contributed by atoms with E-state index in [1.807, 2.05) is 27.2 Å². The number of allylic oxidation sites excluding steroid dienone is 3. The normalized spacial score (nSPS) is 13.6. The highest BCUT2D eigenvalue weighted by Gasteiger charge is 2.30. The lowest BCUT2D eigenvalue weighted by atomic mass is 10.0. The minimum atomic E-state index is -4.45. The van der Waals surface area contributed by atoms with Gasteiger partial charge < -0.3 is 19.4 Å². The number of phosphoric acid groups is 1. The smallest absolute Gasteiger partial charge is 0.456 e. The number of nitrogens with zero attached hydrogens (tertiary/aromatic N) is 1. The Morgan fingerprint density at radius 3 is 1.01 bits per heavy atom. The second-order valence-electron chi connectivity index (χ2n) is 26.8. The number of likely N-dealkylation sites (N-methyl/N-ethyl adjacent to an activating group) is 1. The van der Waals surface area contributed by atoms with Crippen LogP contribution < -0.4 is 5.32 Å². The first-order valence-electron chi connectivity index (χ1n) is 37.2. The van der Waals surface area contributed by atoms with Gasteiger partial charge in [-0.1, -0.05) is 341 Å². The summed E-state index contributed by atoms with van der Waals surface area (Å²) in [5, 5.41) is 3.08. The number of carbonyl (C=O) groups is 2. The van der Waals surface area contributed by atoms with E-state index >= 15 is 0 Å². The van der Waals surface area contributed by atoms with Crippen LogP contribution in [-0.2, 0) is 27.9 Å². The molecule has 9 nitrogen and oxygen atoms in total. The zero-order chi connectivity index (χ0) is 61.4. The Bertz CT molecular complexity index is 1480. The molecule has 3 atom stereocenters. The molecule has 0 saturated carbocycles. The first kappa shape index (κ1) is 82.5. The van der Waals surface area contributed by atoms with Crippen molar-refractivity contribution in [2.75, 3.05) is 40.9 Å². The number of unbranched alkanes of at least 4 members (excludes halogenated alkanes) is 51. The molecule has 0 aromatic heterocycles.